The van der Waals surface area contributed by atoms with Crippen molar-refractivity contribution in [2.75, 3.05) is 10.4 Å². The van der Waals surface area contributed by atoms with E-state index in [-0.39, 0.29) is 11.6 Å². The number of hydrogen-bond acceptors (Lipinski definition) is 7. The highest BCUT2D eigenvalue weighted by Crippen LogP contribution is 2.28. The maximum atomic E-state index is 11.0. The van der Waals surface area contributed by atoms with Crippen LogP contribution in [-0.4, -0.2) is 14.9 Å². The lowest BCUT2D eigenvalue weighted by Crippen LogP contribution is -2.26. The van der Waals surface area contributed by atoms with Gasteiger partial charge in [0.2, 0.25) is 6.19 Å². The van der Waals surface area contributed by atoms with Crippen LogP contribution in [0.5, 0.6) is 0 Å². The predicted molar refractivity (Wildman–Crippen MR) is 125 cm³/mol. The van der Waals surface area contributed by atoms with Crippen molar-refractivity contribution in [3.8, 4) is 28.7 Å². The van der Waals surface area contributed by atoms with E-state index in [9.17, 15) is 15.4 Å². The van der Waals surface area contributed by atoms with Crippen LogP contribution in [0.3, 0.4) is 0 Å². The molecule has 0 aliphatic carbocycles. The first kappa shape index (κ1) is 21.0. The largest absolute Gasteiger partial charge is 0.282 e. The van der Waals surface area contributed by atoms with Crippen molar-refractivity contribution >= 4 is 33.3 Å². The first-order valence-electron chi connectivity index (χ1n) is 9.45. The molecular formula is C23H15BrN6O2. The average Bonchev–Trinajstić information content (AvgIpc) is 2.83. The van der Waals surface area contributed by atoms with Crippen LogP contribution in [0.15, 0.2) is 89.4 Å². The quantitative estimate of drug-likeness (QED) is 0.159. The molecule has 0 aliphatic rings. The second-order valence-corrected chi connectivity index (χ2v) is 7.58. The van der Waals surface area contributed by atoms with Gasteiger partial charge in [0.05, 0.1) is 22.0 Å². The van der Waals surface area contributed by atoms with Crippen molar-refractivity contribution in [3.05, 3.63) is 99.5 Å². The molecule has 4 rings (SSSR count). The van der Waals surface area contributed by atoms with Gasteiger partial charge >= 0.3 is 0 Å². The Hall–Kier alpha value is -4.29. The van der Waals surface area contributed by atoms with Gasteiger partial charge in [-0.3, -0.25) is 15.5 Å². The summed E-state index contributed by atoms with van der Waals surface area (Å²) in [7, 11) is 0. The molecule has 8 nitrogen and oxygen atoms in total. The van der Waals surface area contributed by atoms with Crippen molar-refractivity contribution in [2.45, 2.75) is 0 Å². The number of nitro benzene ring substituents is 1. The van der Waals surface area contributed by atoms with E-state index >= 15 is 0 Å². The Morgan fingerprint density at radius 3 is 2.00 bits per heavy atom. The fraction of sp³-hybridized carbons (Fsp3) is 0. The average molecular weight is 487 g/mol. The standard InChI is InChI=1S/C23H15BrN6O2/c24-18-10-6-16(7-11-18)21-14-22(17-8-12-20(13-9-17)30(31)32)27-23(26-21)29(15-25)28-19-4-2-1-3-5-19/h1-14,28H. The summed E-state index contributed by atoms with van der Waals surface area (Å²) in [5.74, 6) is 0.144. The zero-order chi connectivity index (χ0) is 22.5. The lowest BCUT2D eigenvalue weighted by atomic mass is 10.1. The van der Waals surface area contributed by atoms with Gasteiger partial charge in [-0.2, -0.15) is 10.3 Å². The number of aromatic nitrogens is 2. The number of nitro groups is 1. The number of hydrazine groups is 1. The zero-order valence-electron chi connectivity index (χ0n) is 16.5. The summed E-state index contributed by atoms with van der Waals surface area (Å²) in [6.45, 7) is 0. The summed E-state index contributed by atoms with van der Waals surface area (Å²) in [6, 6.07) is 24.7. The highest BCUT2D eigenvalue weighted by Gasteiger charge is 2.15. The van der Waals surface area contributed by atoms with Gasteiger partial charge in [0.15, 0.2) is 0 Å². The fourth-order valence-electron chi connectivity index (χ4n) is 2.97. The summed E-state index contributed by atoms with van der Waals surface area (Å²) >= 11 is 3.42. The third-order valence-corrected chi connectivity index (χ3v) is 5.07. The fourth-order valence-corrected chi connectivity index (χ4v) is 3.23. The predicted octanol–water partition coefficient (Wildman–Crippen LogP) is 5.80. The number of halogens is 1. The normalized spacial score (nSPS) is 10.2. The SMILES string of the molecule is N#CN(Nc1ccccc1)c1nc(-c2ccc(Br)cc2)cc(-c2ccc([N+](=O)[O-])cc2)n1. The minimum Gasteiger partial charge on any atom is -0.282 e. The number of hydrogen-bond donors (Lipinski definition) is 1. The van der Waals surface area contributed by atoms with Gasteiger partial charge in [-0.15, -0.1) is 0 Å². The van der Waals surface area contributed by atoms with Crippen molar-refractivity contribution in [2.24, 2.45) is 0 Å². The first-order chi connectivity index (χ1) is 15.5. The molecule has 0 unspecified atom stereocenters. The minimum atomic E-state index is -0.455. The smallest absolute Gasteiger partial charge is 0.269 e. The van der Waals surface area contributed by atoms with Gasteiger partial charge in [-0.25, -0.2) is 9.97 Å². The second-order valence-electron chi connectivity index (χ2n) is 6.66. The molecule has 0 fully saturated rings. The van der Waals surface area contributed by atoms with Gasteiger partial charge in [-0.05, 0) is 42.5 Å². The van der Waals surface area contributed by atoms with Gasteiger partial charge in [0.1, 0.15) is 0 Å². The maximum Gasteiger partial charge on any atom is 0.269 e. The third kappa shape index (κ3) is 4.71. The summed E-state index contributed by atoms with van der Waals surface area (Å²) in [5, 5.41) is 21.9. The second kappa shape index (κ2) is 9.24. The number of benzene rings is 3. The summed E-state index contributed by atoms with van der Waals surface area (Å²) < 4.78 is 0.926. The lowest BCUT2D eigenvalue weighted by molar-refractivity contribution is -0.384. The van der Waals surface area contributed by atoms with E-state index in [1.165, 1.54) is 17.1 Å². The Labute approximate surface area is 192 Å². The van der Waals surface area contributed by atoms with Gasteiger partial charge in [0, 0.05) is 27.7 Å². The van der Waals surface area contributed by atoms with Crippen LogP contribution in [0, 0.1) is 21.6 Å². The number of para-hydroxylation sites is 1. The van der Waals surface area contributed by atoms with Gasteiger partial charge in [0.25, 0.3) is 11.6 Å². The lowest BCUT2D eigenvalue weighted by Gasteiger charge is -2.17. The highest BCUT2D eigenvalue weighted by atomic mass is 79.9. The summed E-state index contributed by atoms with van der Waals surface area (Å²) in [4.78, 5) is 19.7. The third-order valence-electron chi connectivity index (χ3n) is 4.54. The Balaban J connectivity index is 1.80. The van der Waals surface area contributed by atoms with Crippen LogP contribution in [0.25, 0.3) is 22.5 Å². The molecule has 3 aromatic carbocycles. The van der Waals surface area contributed by atoms with E-state index in [0.29, 0.717) is 22.6 Å². The van der Waals surface area contributed by atoms with Crippen molar-refractivity contribution in [1.82, 2.24) is 9.97 Å². The highest BCUT2D eigenvalue weighted by molar-refractivity contribution is 9.10. The molecular weight excluding hydrogens is 472 g/mol. The molecule has 1 N–H and O–H groups in total. The van der Waals surface area contributed by atoms with E-state index < -0.39 is 4.92 Å². The summed E-state index contributed by atoms with van der Waals surface area (Å²) in [6.07, 6.45) is 2.06. The van der Waals surface area contributed by atoms with E-state index in [1.807, 2.05) is 54.6 Å². The molecule has 4 aromatic rings. The van der Waals surface area contributed by atoms with Gasteiger partial charge < -0.3 is 0 Å². The molecule has 1 heterocycles. The number of nitrogens with zero attached hydrogens (tertiary/aromatic N) is 5. The molecule has 1 aromatic heterocycles. The van der Waals surface area contributed by atoms with Crippen LogP contribution in [-0.2, 0) is 0 Å². The number of anilines is 2. The number of nitriles is 1. The molecule has 0 saturated carbocycles. The monoisotopic (exact) mass is 486 g/mol. The van der Waals surface area contributed by atoms with E-state index in [1.54, 1.807) is 18.2 Å². The molecule has 0 radical (unpaired) electrons. The molecule has 9 heteroatoms. The molecule has 0 saturated heterocycles. The Bertz CT molecular complexity index is 1290. The summed E-state index contributed by atoms with van der Waals surface area (Å²) in [5.41, 5.74) is 6.29. The van der Waals surface area contributed by atoms with E-state index in [0.717, 1.165) is 10.0 Å². The van der Waals surface area contributed by atoms with Crippen LogP contribution in [0.4, 0.5) is 17.3 Å². The van der Waals surface area contributed by atoms with Gasteiger partial charge in [-0.1, -0.05) is 46.3 Å². The Morgan fingerprint density at radius 1 is 0.906 bits per heavy atom. The van der Waals surface area contributed by atoms with Crippen LogP contribution in [0.1, 0.15) is 0 Å². The molecule has 0 bridgehead atoms. The first-order valence-corrected chi connectivity index (χ1v) is 10.2. The Kier molecular flexibility index (Phi) is 6.05. The molecule has 32 heavy (non-hydrogen) atoms. The number of rotatable bonds is 6. The van der Waals surface area contributed by atoms with Crippen molar-refractivity contribution in [3.63, 3.8) is 0 Å². The Morgan fingerprint density at radius 2 is 1.47 bits per heavy atom. The van der Waals surface area contributed by atoms with Crippen molar-refractivity contribution in [1.29, 1.82) is 5.26 Å². The zero-order valence-corrected chi connectivity index (χ0v) is 18.1. The number of non-ortho nitro benzene ring substituents is 1. The topological polar surface area (TPSA) is 108 Å². The van der Waals surface area contributed by atoms with Crippen LogP contribution < -0.4 is 10.4 Å². The molecule has 156 valence electrons. The van der Waals surface area contributed by atoms with E-state index in [2.05, 4.69) is 37.5 Å². The van der Waals surface area contributed by atoms with Crippen molar-refractivity contribution < 1.29 is 4.92 Å². The molecule has 0 amide bonds. The molecule has 0 aliphatic heterocycles. The molecule has 0 atom stereocenters. The molecule has 0 spiro atoms. The van der Waals surface area contributed by atoms with E-state index in [4.69, 9.17) is 0 Å². The van der Waals surface area contributed by atoms with Crippen LogP contribution in [0.2, 0.25) is 0 Å². The number of nitrogens with one attached hydrogen (secondary N) is 1. The van der Waals surface area contributed by atoms with Crippen LogP contribution >= 0.6 is 15.9 Å². The minimum absolute atomic E-state index is 0.0134. The maximum absolute atomic E-state index is 11.0.